The van der Waals surface area contributed by atoms with Crippen LogP contribution in [0.1, 0.15) is 47.0 Å². The Bertz CT molecular complexity index is 378. The molecule has 0 spiro atoms. The van der Waals surface area contributed by atoms with Crippen LogP contribution in [0.3, 0.4) is 0 Å². The number of hydrogen-bond acceptors (Lipinski definition) is 5. The number of nitrogens with two attached hydrogens (primary N) is 1. The first-order valence-corrected chi connectivity index (χ1v) is 7.16. The maximum atomic E-state index is 5.70. The zero-order chi connectivity index (χ0) is 14.3. The van der Waals surface area contributed by atoms with E-state index in [-0.39, 0.29) is 0 Å². The number of rotatable bonds is 8. The molecule has 0 saturated carbocycles. The van der Waals surface area contributed by atoms with Gasteiger partial charge in [-0.15, -0.1) is 0 Å². The fourth-order valence-electron chi connectivity index (χ4n) is 1.97. The molecule has 0 aromatic carbocycles. The van der Waals surface area contributed by atoms with E-state index in [1.54, 1.807) is 0 Å². The van der Waals surface area contributed by atoms with Gasteiger partial charge in [-0.25, -0.2) is 0 Å². The van der Waals surface area contributed by atoms with Crippen molar-refractivity contribution in [1.82, 2.24) is 9.97 Å². The van der Waals surface area contributed by atoms with E-state index in [2.05, 4.69) is 41.4 Å². The summed E-state index contributed by atoms with van der Waals surface area (Å²) in [6.07, 6.45) is 3.63. The van der Waals surface area contributed by atoms with Crippen molar-refractivity contribution in [2.75, 3.05) is 22.9 Å². The lowest BCUT2D eigenvalue weighted by molar-refractivity contribution is 0.520. The van der Waals surface area contributed by atoms with E-state index in [0.717, 1.165) is 30.5 Å². The van der Waals surface area contributed by atoms with Crippen molar-refractivity contribution >= 4 is 17.6 Å². The van der Waals surface area contributed by atoms with E-state index < -0.39 is 0 Å². The van der Waals surface area contributed by atoms with Gasteiger partial charge in [-0.05, 0) is 26.2 Å². The van der Waals surface area contributed by atoms with Gasteiger partial charge in [0.2, 0.25) is 5.95 Å². The van der Waals surface area contributed by atoms with Crippen molar-refractivity contribution in [3.63, 3.8) is 0 Å². The Hall–Kier alpha value is -1.52. The average Bonchev–Trinajstić information content (AvgIpc) is 2.27. The van der Waals surface area contributed by atoms with E-state index in [1.165, 1.54) is 12.8 Å². The predicted molar refractivity (Wildman–Crippen MR) is 82.4 cm³/mol. The Morgan fingerprint density at radius 1 is 1.16 bits per heavy atom. The van der Waals surface area contributed by atoms with Crippen LogP contribution in [0.25, 0.3) is 0 Å². The van der Waals surface area contributed by atoms with Gasteiger partial charge in [-0.2, -0.15) is 9.97 Å². The number of anilines is 3. The molecular formula is C14H27N5. The molecule has 0 radical (unpaired) electrons. The highest BCUT2D eigenvalue weighted by Gasteiger charge is 2.06. The van der Waals surface area contributed by atoms with Gasteiger partial charge in [0.25, 0.3) is 0 Å². The van der Waals surface area contributed by atoms with Crippen LogP contribution in [0.2, 0.25) is 0 Å². The summed E-state index contributed by atoms with van der Waals surface area (Å²) in [7, 11) is 0. The molecule has 1 unspecified atom stereocenters. The minimum Gasteiger partial charge on any atom is -0.370 e. The molecule has 0 amide bonds. The van der Waals surface area contributed by atoms with E-state index >= 15 is 0 Å². The fraction of sp³-hybridized carbons (Fsp3) is 0.714. The van der Waals surface area contributed by atoms with E-state index in [0.29, 0.717) is 12.0 Å². The standard InChI is InChI=1S/C14H27N5/c1-5-16-12-9-13(19-14(15)18-12)17-11(4)8-6-7-10(2)3/h9-11H,5-8H2,1-4H3,(H4,15,16,17,18,19). The third-order valence-electron chi connectivity index (χ3n) is 2.91. The number of nitrogen functional groups attached to an aromatic ring is 1. The molecular weight excluding hydrogens is 238 g/mol. The number of nitrogens with zero attached hydrogens (tertiary/aromatic N) is 2. The Kier molecular flexibility index (Phi) is 6.39. The van der Waals surface area contributed by atoms with Crippen LogP contribution in [-0.4, -0.2) is 22.6 Å². The molecule has 108 valence electrons. The molecule has 1 heterocycles. The molecule has 0 aliphatic carbocycles. The molecule has 4 N–H and O–H groups in total. The van der Waals surface area contributed by atoms with Crippen molar-refractivity contribution in [2.24, 2.45) is 5.92 Å². The number of aromatic nitrogens is 2. The highest BCUT2D eigenvalue weighted by molar-refractivity contribution is 5.51. The summed E-state index contributed by atoms with van der Waals surface area (Å²) < 4.78 is 0. The normalized spacial score (nSPS) is 12.5. The maximum Gasteiger partial charge on any atom is 0.223 e. The lowest BCUT2D eigenvalue weighted by Crippen LogP contribution is -2.17. The van der Waals surface area contributed by atoms with Crippen LogP contribution in [0.4, 0.5) is 17.6 Å². The Morgan fingerprint density at radius 3 is 2.47 bits per heavy atom. The van der Waals surface area contributed by atoms with Crippen LogP contribution in [-0.2, 0) is 0 Å². The summed E-state index contributed by atoms with van der Waals surface area (Å²) in [6, 6.07) is 2.29. The highest BCUT2D eigenvalue weighted by Crippen LogP contribution is 2.15. The minimum atomic E-state index is 0.301. The van der Waals surface area contributed by atoms with Gasteiger partial charge in [0.05, 0.1) is 0 Å². The van der Waals surface area contributed by atoms with Crippen LogP contribution >= 0.6 is 0 Å². The monoisotopic (exact) mass is 265 g/mol. The fourth-order valence-corrected chi connectivity index (χ4v) is 1.97. The van der Waals surface area contributed by atoms with Gasteiger partial charge in [-0.3, -0.25) is 0 Å². The van der Waals surface area contributed by atoms with Gasteiger partial charge >= 0.3 is 0 Å². The molecule has 1 aromatic heterocycles. The lowest BCUT2D eigenvalue weighted by Gasteiger charge is -2.16. The minimum absolute atomic E-state index is 0.301. The molecule has 1 atom stereocenters. The molecule has 1 aromatic rings. The zero-order valence-corrected chi connectivity index (χ0v) is 12.5. The van der Waals surface area contributed by atoms with Crippen molar-refractivity contribution in [3.05, 3.63) is 6.07 Å². The molecule has 5 nitrogen and oxygen atoms in total. The summed E-state index contributed by atoms with van der Waals surface area (Å²) in [5, 5.41) is 6.53. The second kappa shape index (κ2) is 7.81. The van der Waals surface area contributed by atoms with Crippen LogP contribution in [0, 0.1) is 5.92 Å². The summed E-state index contributed by atoms with van der Waals surface area (Å²) >= 11 is 0. The highest BCUT2D eigenvalue weighted by atomic mass is 15.1. The first kappa shape index (κ1) is 15.5. The number of nitrogens with one attached hydrogen (secondary N) is 2. The summed E-state index contributed by atoms with van der Waals surface area (Å²) in [5.41, 5.74) is 5.70. The molecule has 0 aliphatic rings. The molecule has 0 bridgehead atoms. The topological polar surface area (TPSA) is 75.9 Å². The van der Waals surface area contributed by atoms with E-state index in [9.17, 15) is 0 Å². The van der Waals surface area contributed by atoms with Crippen LogP contribution in [0.5, 0.6) is 0 Å². The molecule has 0 aliphatic heterocycles. The number of hydrogen-bond donors (Lipinski definition) is 3. The third-order valence-corrected chi connectivity index (χ3v) is 2.91. The maximum absolute atomic E-state index is 5.70. The van der Waals surface area contributed by atoms with Gasteiger partial charge in [0.15, 0.2) is 0 Å². The van der Waals surface area contributed by atoms with Gasteiger partial charge in [0.1, 0.15) is 11.6 Å². The van der Waals surface area contributed by atoms with Gasteiger partial charge in [-0.1, -0.05) is 26.7 Å². The van der Waals surface area contributed by atoms with Gasteiger partial charge in [0, 0.05) is 18.7 Å². The van der Waals surface area contributed by atoms with Crippen LogP contribution in [0.15, 0.2) is 6.07 Å². The van der Waals surface area contributed by atoms with Crippen molar-refractivity contribution in [1.29, 1.82) is 0 Å². The third kappa shape index (κ3) is 6.27. The van der Waals surface area contributed by atoms with Crippen molar-refractivity contribution in [2.45, 2.75) is 53.0 Å². The summed E-state index contributed by atoms with van der Waals surface area (Å²) in [5.74, 6) is 2.63. The molecule has 1 rings (SSSR count). The quantitative estimate of drug-likeness (QED) is 0.673. The second-order valence-corrected chi connectivity index (χ2v) is 5.40. The first-order valence-electron chi connectivity index (χ1n) is 7.16. The average molecular weight is 265 g/mol. The summed E-state index contributed by atoms with van der Waals surface area (Å²) in [6.45, 7) is 9.53. The summed E-state index contributed by atoms with van der Waals surface area (Å²) in [4.78, 5) is 8.35. The Morgan fingerprint density at radius 2 is 1.84 bits per heavy atom. The largest absolute Gasteiger partial charge is 0.370 e. The Balaban J connectivity index is 2.51. The SMILES string of the molecule is CCNc1cc(NC(C)CCCC(C)C)nc(N)n1. The molecule has 0 fully saturated rings. The smallest absolute Gasteiger partial charge is 0.223 e. The predicted octanol–water partition coefficient (Wildman–Crippen LogP) is 3.12. The molecule has 5 heteroatoms. The zero-order valence-electron chi connectivity index (χ0n) is 12.5. The molecule has 0 saturated heterocycles. The first-order chi connectivity index (χ1) is 9.01. The Labute approximate surface area is 116 Å². The lowest BCUT2D eigenvalue weighted by atomic mass is 10.0. The second-order valence-electron chi connectivity index (χ2n) is 5.40. The van der Waals surface area contributed by atoms with E-state index in [1.807, 2.05) is 13.0 Å². The van der Waals surface area contributed by atoms with Crippen molar-refractivity contribution < 1.29 is 0 Å². The van der Waals surface area contributed by atoms with Gasteiger partial charge < -0.3 is 16.4 Å². The van der Waals surface area contributed by atoms with Crippen molar-refractivity contribution in [3.8, 4) is 0 Å². The molecule has 19 heavy (non-hydrogen) atoms. The van der Waals surface area contributed by atoms with Crippen LogP contribution < -0.4 is 16.4 Å². The van der Waals surface area contributed by atoms with E-state index in [4.69, 9.17) is 5.73 Å².